The van der Waals surface area contributed by atoms with Crippen molar-refractivity contribution in [3.05, 3.63) is 35.0 Å². The summed E-state index contributed by atoms with van der Waals surface area (Å²) < 4.78 is 8.09. The molecule has 1 aliphatic rings. The zero-order chi connectivity index (χ0) is 12.7. The van der Waals surface area contributed by atoms with Gasteiger partial charge in [0, 0.05) is 36.7 Å². The molecule has 1 N–H and O–H groups in total. The predicted molar refractivity (Wildman–Crippen MR) is 74.0 cm³/mol. The van der Waals surface area contributed by atoms with Crippen LogP contribution < -0.4 is 5.32 Å². The van der Waals surface area contributed by atoms with Crippen molar-refractivity contribution in [2.24, 2.45) is 7.05 Å². The highest BCUT2D eigenvalue weighted by Crippen LogP contribution is 2.28. The van der Waals surface area contributed by atoms with Gasteiger partial charge in [0.15, 0.2) is 0 Å². The Morgan fingerprint density at radius 2 is 2.17 bits per heavy atom. The average molecular weight is 244 g/mol. The Labute approximate surface area is 108 Å². The summed E-state index contributed by atoms with van der Waals surface area (Å²) in [6.45, 7) is 7.03. The molecule has 96 valence electrons. The quantitative estimate of drug-likeness (QED) is 0.834. The summed E-state index contributed by atoms with van der Waals surface area (Å²) in [5, 5.41) is 4.73. The van der Waals surface area contributed by atoms with Gasteiger partial charge < -0.3 is 14.6 Å². The van der Waals surface area contributed by atoms with E-state index in [1.807, 2.05) is 0 Å². The van der Waals surface area contributed by atoms with E-state index in [1.165, 1.54) is 27.7 Å². The Balaban J connectivity index is 2.07. The molecule has 3 heteroatoms. The summed E-state index contributed by atoms with van der Waals surface area (Å²) in [6.07, 6.45) is 0.193. The smallest absolute Gasteiger partial charge is 0.0950 e. The second kappa shape index (κ2) is 4.41. The van der Waals surface area contributed by atoms with Crippen LogP contribution in [0.25, 0.3) is 10.9 Å². The number of aryl methyl sites for hydroxylation is 2. The molecule has 3 nitrogen and oxygen atoms in total. The van der Waals surface area contributed by atoms with Gasteiger partial charge >= 0.3 is 0 Å². The van der Waals surface area contributed by atoms with Crippen LogP contribution in [0.15, 0.2) is 18.2 Å². The summed E-state index contributed by atoms with van der Waals surface area (Å²) in [6, 6.07) is 6.70. The van der Waals surface area contributed by atoms with Gasteiger partial charge in [0.1, 0.15) is 0 Å². The number of aromatic nitrogens is 1. The fourth-order valence-corrected chi connectivity index (χ4v) is 2.75. The number of hydrogen-bond donors (Lipinski definition) is 1. The molecule has 2 heterocycles. The van der Waals surface area contributed by atoms with Gasteiger partial charge in [0.2, 0.25) is 0 Å². The maximum atomic E-state index is 5.82. The summed E-state index contributed by atoms with van der Waals surface area (Å²) in [4.78, 5) is 0. The van der Waals surface area contributed by atoms with Crippen molar-refractivity contribution in [2.45, 2.75) is 20.0 Å². The topological polar surface area (TPSA) is 26.2 Å². The largest absolute Gasteiger partial charge is 0.371 e. The summed E-state index contributed by atoms with van der Waals surface area (Å²) in [5.41, 5.74) is 5.29. The maximum Gasteiger partial charge on any atom is 0.0950 e. The lowest BCUT2D eigenvalue weighted by Gasteiger charge is -2.24. The molecule has 0 spiro atoms. The Morgan fingerprint density at radius 1 is 1.33 bits per heavy atom. The van der Waals surface area contributed by atoms with Crippen LogP contribution in [0.1, 0.15) is 22.9 Å². The molecule has 18 heavy (non-hydrogen) atoms. The van der Waals surface area contributed by atoms with Gasteiger partial charge in [-0.05, 0) is 31.0 Å². The van der Waals surface area contributed by atoms with Crippen molar-refractivity contribution in [1.29, 1.82) is 0 Å². The van der Waals surface area contributed by atoms with Gasteiger partial charge in [0.25, 0.3) is 0 Å². The van der Waals surface area contributed by atoms with Crippen LogP contribution in [0.3, 0.4) is 0 Å². The van der Waals surface area contributed by atoms with Crippen molar-refractivity contribution in [2.75, 3.05) is 19.7 Å². The first-order valence-electron chi connectivity index (χ1n) is 6.56. The van der Waals surface area contributed by atoms with E-state index in [9.17, 15) is 0 Å². The lowest BCUT2D eigenvalue weighted by Crippen LogP contribution is -2.33. The number of hydrogen-bond acceptors (Lipinski definition) is 2. The van der Waals surface area contributed by atoms with Crippen molar-refractivity contribution in [3.63, 3.8) is 0 Å². The molecule has 0 aliphatic carbocycles. The first-order valence-corrected chi connectivity index (χ1v) is 6.56. The highest BCUT2D eigenvalue weighted by molar-refractivity contribution is 5.85. The third-order valence-electron chi connectivity index (χ3n) is 4.13. The average Bonchev–Trinajstić information content (AvgIpc) is 2.65. The zero-order valence-electron chi connectivity index (χ0n) is 11.3. The minimum atomic E-state index is 0.193. The predicted octanol–water partition coefficient (Wildman–Crippen LogP) is 2.46. The van der Waals surface area contributed by atoms with E-state index < -0.39 is 0 Å². The van der Waals surface area contributed by atoms with E-state index in [1.54, 1.807) is 0 Å². The van der Waals surface area contributed by atoms with E-state index in [2.05, 4.69) is 49.0 Å². The number of benzene rings is 1. The van der Waals surface area contributed by atoms with E-state index in [4.69, 9.17) is 4.74 Å². The molecular weight excluding hydrogens is 224 g/mol. The number of nitrogens with zero attached hydrogens (tertiary/aromatic N) is 1. The van der Waals surface area contributed by atoms with Crippen molar-refractivity contribution in [1.82, 2.24) is 9.88 Å². The number of ether oxygens (including phenoxy) is 1. The van der Waals surface area contributed by atoms with Gasteiger partial charge in [-0.25, -0.2) is 0 Å². The van der Waals surface area contributed by atoms with Crippen molar-refractivity contribution < 1.29 is 4.74 Å². The van der Waals surface area contributed by atoms with Gasteiger partial charge in [-0.15, -0.1) is 0 Å². The van der Waals surface area contributed by atoms with Crippen LogP contribution in [0.2, 0.25) is 0 Å². The number of rotatable bonds is 1. The lowest BCUT2D eigenvalue weighted by atomic mass is 10.0. The SMILES string of the molecule is Cc1c(C)n(C)c2cc(C3CNCCO3)ccc12. The van der Waals surface area contributed by atoms with E-state index in [0.29, 0.717) is 0 Å². The Morgan fingerprint density at radius 3 is 2.89 bits per heavy atom. The van der Waals surface area contributed by atoms with Crippen LogP contribution in [0.4, 0.5) is 0 Å². The molecule has 1 saturated heterocycles. The van der Waals surface area contributed by atoms with Crippen LogP contribution in [0.5, 0.6) is 0 Å². The minimum Gasteiger partial charge on any atom is -0.371 e. The molecule has 0 amide bonds. The highest BCUT2D eigenvalue weighted by atomic mass is 16.5. The highest BCUT2D eigenvalue weighted by Gasteiger charge is 2.17. The van der Waals surface area contributed by atoms with E-state index in [0.717, 1.165) is 19.7 Å². The third kappa shape index (κ3) is 1.74. The summed E-state index contributed by atoms with van der Waals surface area (Å²) >= 11 is 0. The fraction of sp³-hybridized carbons (Fsp3) is 0.467. The third-order valence-corrected chi connectivity index (χ3v) is 4.13. The Bertz CT molecular complexity index is 580. The second-order valence-corrected chi connectivity index (χ2v) is 5.11. The first-order chi connectivity index (χ1) is 8.68. The molecule has 1 unspecified atom stereocenters. The first kappa shape index (κ1) is 11.8. The lowest BCUT2D eigenvalue weighted by molar-refractivity contribution is 0.0278. The monoisotopic (exact) mass is 244 g/mol. The van der Waals surface area contributed by atoms with Gasteiger partial charge in [-0.1, -0.05) is 12.1 Å². The number of fused-ring (bicyclic) bond motifs is 1. The molecule has 1 aromatic carbocycles. The molecule has 1 aromatic heterocycles. The molecule has 0 radical (unpaired) electrons. The van der Waals surface area contributed by atoms with E-state index >= 15 is 0 Å². The fourth-order valence-electron chi connectivity index (χ4n) is 2.75. The van der Waals surface area contributed by atoms with Crippen LogP contribution in [-0.4, -0.2) is 24.3 Å². The maximum absolute atomic E-state index is 5.82. The van der Waals surface area contributed by atoms with Crippen molar-refractivity contribution in [3.8, 4) is 0 Å². The molecule has 1 atom stereocenters. The zero-order valence-corrected chi connectivity index (χ0v) is 11.3. The van der Waals surface area contributed by atoms with Gasteiger partial charge in [-0.3, -0.25) is 0 Å². The molecule has 3 rings (SSSR count). The second-order valence-electron chi connectivity index (χ2n) is 5.11. The molecule has 2 aromatic rings. The van der Waals surface area contributed by atoms with Crippen LogP contribution in [-0.2, 0) is 11.8 Å². The van der Waals surface area contributed by atoms with Crippen LogP contribution >= 0.6 is 0 Å². The normalized spacial score (nSPS) is 20.5. The number of nitrogens with one attached hydrogen (secondary N) is 1. The summed E-state index contributed by atoms with van der Waals surface area (Å²) in [5.74, 6) is 0. The van der Waals surface area contributed by atoms with E-state index in [-0.39, 0.29) is 6.10 Å². The molecule has 0 bridgehead atoms. The summed E-state index contributed by atoms with van der Waals surface area (Å²) in [7, 11) is 2.13. The molecular formula is C15H20N2O. The Hall–Kier alpha value is -1.32. The molecule has 0 saturated carbocycles. The minimum absolute atomic E-state index is 0.193. The number of morpholine rings is 1. The molecule has 1 aliphatic heterocycles. The van der Waals surface area contributed by atoms with Crippen molar-refractivity contribution >= 4 is 10.9 Å². The molecule has 1 fully saturated rings. The van der Waals surface area contributed by atoms with Gasteiger partial charge in [-0.2, -0.15) is 0 Å². The Kier molecular flexibility index (Phi) is 2.88. The van der Waals surface area contributed by atoms with Crippen LogP contribution in [0, 0.1) is 13.8 Å². The van der Waals surface area contributed by atoms with Gasteiger partial charge in [0.05, 0.1) is 12.7 Å². The standard InChI is InChI=1S/C15H20N2O/c1-10-11(2)17(3)14-8-12(4-5-13(10)14)15-9-16-6-7-18-15/h4-5,8,15-16H,6-7,9H2,1-3H3.